The zero-order chi connectivity index (χ0) is 12.6. The number of hydrogen-bond donors (Lipinski definition) is 2. The first-order valence-electron chi connectivity index (χ1n) is 4.70. The predicted octanol–water partition coefficient (Wildman–Crippen LogP) is 1.38. The molecule has 0 radical (unpaired) electrons. The molecule has 0 unspecified atom stereocenters. The van der Waals surface area contributed by atoms with Crippen molar-refractivity contribution in [2.75, 3.05) is 17.7 Å². The highest BCUT2D eigenvalue weighted by Gasteiger charge is 2.20. The number of rotatable bonds is 2. The maximum Gasteiger partial charge on any atom is 0.187 e. The molecule has 0 bridgehead atoms. The molecule has 17 heavy (non-hydrogen) atoms. The second-order valence-corrected chi connectivity index (χ2v) is 6.83. The Kier molecular flexibility index (Phi) is 2.80. The molecule has 0 aliphatic heterocycles. The van der Waals surface area contributed by atoms with Crippen LogP contribution in [0, 0.1) is 0 Å². The van der Waals surface area contributed by atoms with E-state index in [1.54, 1.807) is 24.3 Å². The van der Waals surface area contributed by atoms with Gasteiger partial charge in [-0.2, -0.15) is 0 Å². The second-order valence-electron chi connectivity index (χ2n) is 3.59. The van der Waals surface area contributed by atoms with Crippen LogP contribution >= 0.6 is 11.3 Å². The molecular weight excluding hydrogens is 258 g/mol. The Balaban J connectivity index is 2.68. The first-order valence-corrected chi connectivity index (χ1v) is 7.41. The average molecular weight is 269 g/mol. The van der Waals surface area contributed by atoms with Crippen LogP contribution in [-0.2, 0) is 9.84 Å². The number of thiazole rings is 1. The van der Waals surface area contributed by atoms with Gasteiger partial charge >= 0.3 is 0 Å². The molecule has 7 heteroatoms. The third kappa shape index (κ3) is 2.40. The van der Waals surface area contributed by atoms with E-state index in [0.717, 1.165) is 17.6 Å². The van der Waals surface area contributed by atoms with E-state index in [1.807, 2.05) is 0 Å². The topological polar surface area (TPSA) is 99.1 Å². The molecule has 90 valence electrons. The Morgan fingerprint density at radius 3 is 2.59 bits per heavy atom. The van der Waals surface area contributed by atoms with Gasteiger partial charge in [-0.25, -0.2) is 13.4 Å². The Morgan fingerprint density at radius 1 is 1.29 bits per heavy atom. The molecule has 0 saturated carbocycles. The largest absolute Gasteiger partial charge is 0.399 e. The Hall–Kier alpha value is -1.60. The van der Waals surface area contributed by atoms with E-state index in [1.165, 1.54) is 0 Å². The summed E-state index contributed by atoms with van der Waals surface area (Å²) in [6.07, 6.45) is 1.13. The Morgan fingerprint density at radius 2 is 2.00 bits per heavy atom. The lowest BCUT2D eigenvalue weighted by atomic mass is 10.1. The summed E-state index contributed by atoms with van der Waals surface area (Å²) in [5.41, 5.74) is 12.8. The van der Waals surface area contributed by atoms with Crippen molar-refractivity contribution >= 4 is 32.0 Å². The molecule has 0 spiro atoms. The van der Waals surface area contributed by atoms with Crippen LogP contribution in [0.4, 0.5) is 10.8 Å². The standard InChI is InChI=1S/C10H11N3O2S2/c1-17(14,15)9-8(13-10(12)16-9)6-3-2-4-7(11)5-6/h2-5H,11H2,1H3,(H2,12,13). The number of sulfone groups is 1. The van der Waals surface area contributed by atoms with E-state index in [9.17, 15) is 8.42 Å². The van der Waals surface area contributed by atoms with Gasteiger partial charge in [-0.05, 0) is 12.1 Å². The first-order chi connectivity index (χ1) is 7.88. The van der Waals surface area contributed by atoms with Crippen LogP contribution in [0.3, 0.4) is 0 Å². The van der Waals surface area contributed by atoms with Crippen molar-refractivity contribution in [3.63, 3.8) is 0 Å². The van der Waals surface area contributed by atoms with Crippen LogP contribution in [-0.4, -0.2) is 19.7 Å². The van der Waals surface area contributed by atoms with E-state index < -0.39 is 9.84 Å². The molecule has 4 N–H and O–H groups in total. The molecule has 0 saturated heterocycles. The lowest BCUT2D eigenvalue weighted by molar-refractivity contribution is 0.604. The highest BCUT2D eigenvalue weighted by molar-refractivity contribution is 7.93. The van der Waals surface area contributed by atoms with Crippen molar-refractivity contribution in [1.29, 1.82) is 0 Å². The molecule has 1 aromatic carbocycles. The van der Waals surface area contributed by atoms with Gasteiger partial charge in [0.1, 0.15) is 9.90 Å². The fourth-order valence-electron chi connectivity index (χ4n) is 1.44. The summed E-state index contributed by atoms with van der Waals surface area (Å²) >= 11 is 0.960. The lowest BCUT2D eigenvalue weighted by Gasteiger charge is -2.01. The maximum absolute atomic E-state index is 11.6. The maximum atomic E-state index is 11.6. The van der Waals surface area contributed by atoms with Gasteiger partial charge < -0.3 is 11.5 Å². The monoisotopic (exact) mass is 269 g/mol. The minimum Gasteiger partial charge on any atom is -0.399 e. The zero-order valence-electron chi connectivity index (χ0n) is 9.04. The van der Waals surface area contributed by atoms with Crippen LogP contribution < -0.4 is 11.5 Å². The third-order valence-corrected chi connectivity index (χ3v) is 4.81. The summed E-state index contributed by atoms with van der Waals surface area (Å²) in [6, 6.07) is 6.88. The predicted molar refractivity (Wildman–Crippen MR) is 69.5 cm³/mol. The van der Waals surface area contributed by atoms with Crippen molar-refractivity contribution < 1.29 is 8.42 Å². The molecule has 0 aliphatic rings. The SMILES string of the molecule is CS(=O)(=O)c1sc(N)nc1-c1cccc(N)c1. The van der Waals surface area contributed by atoms with Gasteiger partial charge in [-0.15, -0.1) is 0 Å². The zero-order valence-corrected chi connectivity index (χ0v) is 10.7. The molecule has 0 fully saturated rings. The minimum atomic E-state index is -3.34. The lowest BCUT2D eigenvalue weighted by Crippen LogP contribution is -1.96. The number of hydrogen-bond acceptors (Lipinski definition) is 6. The Labute approximate surface area is 103 Å². The van der Waals surface area contributed by atoms with Crippen molar-refractivity contribution in [2.45, 2.75) is 4.21 Å². The summed E-state index contributed by atoms with van der Waals surface area (Å²) in [5.74, 6) is 0. The first kappa shape index (κ1) is 11.9. The number of aromatic nitrogens is 1. The second kappa shape index (κ2) is 4.01. The van der Waals surface area contributed by atoms with Gasteiger partial charge in [0.25, 0.3) is 0 Å². The highest BCUT2D eigenvalue weighted by atomic mass is 32.2. The van der Waals surface area contributed by atoms with Gasteiger partial charge in [0, 0.05) is 17.5 Å². The molecule has 0 amide bonds. The summed E-state index contributed by atoms with van der Waals surface area (Å²) in [4.78, 5) is 4.05. The number of benzene rings is 1. The molecule has 1 aromatic heterocycles. The van der Waals surface area contributed by atoms with Gasteiger partial charge in [-0.1, -0.05) is 23.5 Å². The van der Waals surface area contributed by atoms with Gasteiger partial charge in [0.15, 0.2) is 15.0 Å². The number of nitrogen functional groups attached to an aromatic ring is 2. The van der Waals surface area contributed by atoms with E-state index >= 15 is 0 Å². The number of anilines is 2. The minimum absolute atomic E-state index is 0.167. The van der Waals surface area contributed by atoms with Crippen LogP contribution in [0.5, 0.6) is 0 Å². The van der Waals surface area contributed by atoms with Gasteiger partial charge in [0.2, 0.25) is 0 Å². The van der Waals surface area contributed by atoms with Gasteiger partial charge in [0.05, 0.1) is 0 Å². The normalized spacial score (nSPS) is 11.6. The smallest absolute Gasteiger partial charge is 0.187 e. The van der Waals surface area contributed by atoms with Crippen LogP contribution in [0.1, 0.15) is 0 Å². The van der Waals surface area contributed by atoms with Crippen LogP contribution in [0.15, 0.2) is 28.5 Å². The molecule has 2 rings (SSSR count). The van der Waals surface area contributed by atoms with Crippen molar-refractivity contribution in [1.82, 2.24) is 4.98 Å². The summed E-state index contributed by atoms with van der Waals surface area (Å²) in [6.45, 7) is 0. The van der Waals surface area contributed by atoms with E-state index in [2.05, 4.69) is 4.98 Å². The number of nitrogens with zero attached hydrogens (tertiary/aromatic N) is 1. The fourth-order valence-corrected chi connectivity index (χ4v) is 3.41. The summed E-state index contributed by atoms with van der Waals surface area (Å²) in [7, 11) is -3.34. The molecular formula is C10H11N3O2S2. The van der Waals surface area contributed by atoms with Crippen LogP contribution in [0.2, 0.25) is 0 Å². The van der Waals surface area contributed by atoms with Crippen LogP contribution in [0.25, 0.3) is 11.3 Å². The van der Waals surface area contributed by atoms with Crippen molar-refractivity contribution in [2.24, 2.45) is 0 Å². The average Bonchev–Trinajstić information content (AvgIpc) is 2.60. The van der Waals surface area contributed by atoms with E-state index in [4.69, 9.17) is 11.5 Å². The molecule has 0 atom stereocenters. The quantitative estimate of drug-likeness (QED) is 0.802. The van der Waals surface area contributed by atoms with E-state index in [0.29, 0.717) is 16.9 Å². The third-order valence-electron chi connectivity index (χ3n) is 2.11. The fraction of sp³-hybridized carbons (Fsp3) is 0.100. The van der Waals surface area contributed by atoms with Crippen molar-refractivity contribution in [3.05, 3.63) is 24.3 Å². The molecule has 5 nitrogen and oxygen atoms in total. The summed E-state index contributed by atoms with van der Waals surface area (Å²) < 4.78 is 23.4. The molecule has 1 heterocycles. The van der Waals surface area contributed by atoms with Crippen molar-refractivity contribution in [3.8, 4) is 11.3 Å². The highest BCUT2D eigenvalue weighted by Crippen LogP contribution is 2.33. The molecule has 2 aromatic rings. The van der Waals surface area contributed by atoms with Gasteiger partial charge in [-0.3, -0.25) is 0 Å². The Bertz CT molecular complexity index is 662. The summed E-state index contributed by atoms with van der Waals surface area (Å²) in [5, 5.41) is 0.225. The number of nitrogens with two attached hydrogens (primary N) is 2. The molecule has 0 aliphatic carbocycles. The van der Waals surface area contributed by atoms with E-state index in [-0.39, 0.29) is 9.34 Å².